The molecule has 162 valence electrons. The summed E-state index contributed by atoms with van der Waals surface area (Å²) in [6.07, 6.45) is 3.67. The second-order valence-electron chi connectivity index (χ2n) is 8.15. The van der Waals surface area contributed by atoms with Crippen molar-refractivity contribution in [1.29, 1.82) is 0 Å². The van der Waals surface area contributed by atoms with Crippen molar-refractivity contribution in [2.24, 2.45) is 5.92 Å². The number of likely N-dealkylation sites (N-methyl/N-ethyl adjacent to an activating group) is 1. The standard InChI is InChI=1S/C22H26FN7O/c1-13(2)19-21(31)27-18-14(3)26-22(28-20(18)29(19)4)24-9-16-10-25-30(12-16)11-15-6-5-7-17(23)8-15/h5-8,10,12-13,19H,9,11H2,1-4H3,(H,27,31)(H,24,26,28)/t19-/m0/s1. The molecular formula is C22H26FN7O. The topological polar surface area (TPSA) is 88.0 Å². The molecule has 8 nitrogen and oxygen atoms in total. The zero-order chi connectivity index (χ0) is 22.1. The van der Waals surface area contributed by atoms with Crippen molar-refractivity contribution in [3.8, 4) is 0 Å². The molecule has 3 aromatic rings. The lowest BCUT2D eigenvalue weighted by Crippen LogP contribution is -2.49. The normalized spacial score (nSPS) is 15.7. The molecule has 0 bridgehead atoms. The Hall–Kier alpha value is -3.49. The van der Waals surface area contributed by atoms with E-state index in [2.05, 4.69) is 25.7 Å². The van der Waals surface area contributed by atoms with Gasteiger partial charge in [-0.15, -0.1) is 0 Å². The molecular weight excluding hydrogens is 397 g/mol. The van der Waals surface area contributed by atoms with Crippen molar-refractivity contribution >= 4 is 23.4 Å². The number of nitrogens with zero attached hydrogens (tertiary/aromatic N) is 5. The Morgan fingerprint density at radius 1 is 1.26 bits per heavy atom. The molecule has 9 heteroatoms. The number of anilines is 3. The van der Waals surface area contributed by atoms with E-state index < -0.39 is 0 Å². The van der Waals surface area contributed by atoms with Crippen LogP contribution in [0.15, 0.2) is 36.7 Å². The molecule has 3 heterocycles. The van der Waals surface area contributed by atoms with Crippen molar-refractivity contribution in [1.82, 2.24) is 19.7 Å². The SMILES string of the molecule is Cc1nc(NCc2cnn(Cc3cccc(F)c3)c2)nc2c1NC(=O)[C@H](C(C)C)N2C. The van der Waals surface area contributed by atoms with Crippen LogP contribution < -0.4 is 15.5 Å². The van der Waals surface area contributed by atoms with Gasteiger partial charge in [0.2, 0.25) is 11.9 Å². The Kier molecular flexibility index (Phi) is 5.58. The van der Waals surface area contributed by atoms with E-state index in [-0.39, 0.29) is 23.7 Å². The van der Waals surface area contributed by atoms with E-state index in [1.54, 1.807) is 16.9 Å². The summed E-state index contributed by atoms with van der Waals surface area (Å²) in [6.45, 7) is 6.87. The molecule has 1 atom stereocenters. The number of benzene rings is 1. The van der Waals surface area contributed by atoms with Gasteiger partial charge in [0.1, 0.15) is 17.5 Å². The number of fused-ring (bicyclic) bond motifs is 1. The fourth-order valence-corrected chi connectivity index (χ4v) is 3.88. The first-order valence-electron chi connectivity index (χ1n) is 10.2. The number of amides is 1. The molecule has 0 radical (unpaired) electrons. The maximum atomic E-state index is 13.4. The van der Waals surface area contributed by atoms with E-state index in [4.69, 9.17) is 0 Å². The molecule has 1 amide bonds. The third-order valence-corrected chi connectivity index (χ3v) is 5.34. The van der Waals surface area contributed by atoms with Crippen LogP contribution in [0.4, 0.5) is 21.8 Å². The minimum absolute atomic E-state index is 0.0388. The van der Waals surface area contributed by atoms with Crippen LogP contribution in [0.2, 0.25) is 0 Å². The van der Waals surface area contributed by atoms with Crippen LogP contribution >= 0.6 is 0 Å². The summed E-state index contributed by atoms with van der Waals surface area (Å²) >= 11 is 0. The van der Waals surface area contributed by atoms with Gasteiger partial charge < -0.3 is 15.5 Å². The summed E-state index contributed by atoms with van der Waals surface area (Å²) in [5, 5.41) is 10.5. The molecule has 0 saturated carbocycles. The molecule has 0 aliphatic carbocycles. The van der Waals surface area contributed by atoms with E-state index >= 15 is 0 Å². The third kappa shape index (κ3) is 4.35. The van der Waals surface area contributed by atoms with Gasteiger partial charge in [0.05, 0.1) is 18.4 Å². The lowest BCUT2D eigenvalue weighted by Gasteiger charge is -2.36. The third-order valence-electron chi connectivity index (χ3n) is 5.34. The van der Waals surface area contributed by atoms with Gasteiger partial charge in [-0.05, 0) is 30.5 Å². The average molecular weight is 423 g/mol. The highest BCUT2D eigenvalue weighted by molar-refractivity contribution is 6.03. The lowest BCUT2D eigenvalue weighted by atomic mass is 9.99. The summed E-state index contributed by atoms with van der Waals surface area (Å²) in [5.41, 5.74) is 3.16. The Morgan fingerprint density at radius 3 is 2.81 bits per heavy atom. The molecule has 1 aliphatic rings. The zero-order valence-electron chi connectivity index (χ0n) is 18.1. The number of nitrogens with one attached hydrogen (secondary N) is 2. The van der Waals surface area contributed by atoms with Gasteiger partial charge in [0.25, 0.3) is 0 Å². The van der Waals surface area contributed by atoms with Crippen LogP contribution in [0.3, 0.4) is 0 Å². The van der Waals surface area contributed by atoms with Crippen LogP contribution in [0.5, 0.6) is 0 Å². The van der Waals surface area contributed by atoms with E-state index in [0.717, 1.165) is 11.1 Å². The first kappa shape index (κ1) is 20.8. The molecule has 2 aromatic heterocycles. The van der Waals surface area contributed by atoms with Gasteiger partial charge in [-0.1, -0.05) is 26.0 Å². The highest BCUT2D eigenvalue weighted by Gasteiger charge is 2.35. The second kappa shape index (κ2) is 8.33. The number of hydrogen-bond donors (Lipinski definition) is 2. The van der Waals surface area contributed by atoms with Crippen molar-refractivity contribution in [2.45, 2.75) is 39.9 Å². The molecule has 2 N–H and O–H groups in total. The number of aryl methyl sites for hydroxylation is 1. The van der Waals surface area contributed by atoms with Crippen molar-refractivity contribution in [3.63, 3.8) is 0 Å². The molecule has 4 rings (SSSR count). The van der Waals surface area contributed by atoms with Gasteiger partial charge in [-0.25, -0.2) is 9.37 Å². The van der Waals surface area contributed by atoms with Crippen molar-refractivity contribution in [2.75, 3.05) is 22.6 Å². The van der Waals surface area contributed by atoms with Gasteiger partial charge in [-0.3, -0.25) is 9.48 Å². The fourth-order valence-electron chi connectivity index (χ4n) is 3.88. The summed E-state index contributed by atoms with van der Waals surface area (Å²) in [6, 6.07) is 6.20. The smallest absolute Gasteiger partial charge is 0.247 e. The number of halogens is 1. The maximum Gasteiger partial charge on any atom is 0.247 e. The fraction of sp³-hybridized carbons (Fsp3) is 0.364. The molecule has 0 saturated heterocycles. The Bertz CT molecular complexity index is 1110. The second-order valence-corrected chi connectivity index (χ2v) is 8.15. The van der Waals surface area contributed by atoms with Crippen LogP contribution in [0.25, 0.3) is 0 Å². The molecule has 0 unspecified atom stereocenters. The minimum Gasteiger partial charge on any atom is -0.350 e. The Labute approximate surface area is 180 Å². The van der Waals surface area contributed by atoms with Crippen LogP contribution in [0.1, 0.15) is 30.7 Å². The molecule has 0 fully saturated rings. The number of rotatable bonds is 6. The summed E-state index contributed by atoms with van der Waals surface area (Å²) in [5.74, 6) is 1.04. The van der Waals surface area contributed by atoms with Crippen molar-refractivity contribution < 1.29 is 9.18 Å². The largest absolute Gasteiger partial charge is 0.350 e. The average Bonchev–Trinajstić information content (AvgIpc) is 3.14. The van der Waals surface area contributed by atoms with Crippen LogP contribution in [-0.4, -0.2) is 38.7 Å². The maximum absolute atomic E-state index is 13.4. The zero-order valence-corrected chi connectivity index (χ0v) is 18.1. The number of aromatic nitrogens is 4. The Morgan fingerprint density at radius 2 is 2.06 bits per heavy atom. The number of hydrogen-bond acceptors (Lipinski definition) is 6. The van der Waals surface area contributed by atoms with E-state index in [1.807, 2.05) is 45.0 Å². The summed E-state index contributed by atoms with van der Waals surface area (Å²) in [7, 11) is 1.88. The van der Waals surface area contributed by atoms with Gasteiger partial charge >= 0.3 is 0 Å². The molecule has 31 heavy (non-hydrogen) atoms. The summed E-state index contributed by atoms with van der Waals surface area (Å²) < 4.78 is 15.1. The number of carbonyl (C=O) groups excluding carboxylic acids is 1. The number of carbonyl (C=O) groups is 1. The summed E-state index contributed by atoms with van der Waals surface area (Å²) in [4.78, 5) is 23.5. The Balaban J connectivity index is 1.47. The molecule has 1 aliphatic heterocycles. The van der Waals surface area contributed by atoms with E-state index in [9.17, 15) is 9.18 Å². The first-order chi connectivity index (χ1) is 14.8. The van der Waals surface area contributed by atoms with Gasteiger partial charge in [0.15, 0.2) is 5.82 Å². The highest BCUT2D eigenvalue weighted by atomic mass is 19.1. The molecule has 0 spiro atoms. The van der Waals surface area contributed by atoms with E-state index in [1.165, 1.54) is 12.1 Å². The van der Waals surface area contributed by atoms with E-state index in [0.29, 0.717) is 36.2 Å². The van der Waals surface area contributed by atoms with Gasteiger partial charge in [0, 0.05) is 25.4 Å². The van der Waals surface area contributed by atoms with Crippen molar-refractivity contribution in [3.05, 3.63) is 59.3 Å². The monoisotopic (exact) mass is 423 g/mol. The lowest BCUT2D eigenvalue weighted by molar-refractivity contribution is -0.118. The highest BCUT2D eigenvalue weighted by Crippen LogP contribution is 2.34. The quantitative estimate of drug-likeness (QED) is 0.633. The van der Waals surface area contributed by atoms with Gasteiger partial charge in [-0.2, -0.15) is 10.1 Å². The first-order valence-corrected chi connectivity index (χ1v) is 10.2. The van der Waals surface area contributed by atoms with Crippen LogP contribution in [-0.2, 0) is 17.9 Å². The molecule has 1 aromatic carbocycles. The predicted molar refractivity (Wildman–Crippen MR) is 117 cm³/mol. The van der Waals surface area contributed by atoms with Crippen LogP contribution in [0, 0.1) is 18.7 Å². The predicted octanol–water partition coefficient (Wildman–Crippen LogP) is 3.19. The minimum atomic E-state index is -0.282.